The fourth-order valence-electron chi connectivity index (χ4n) is 2.92. The summed E-state index contributed by atoms with van der Waals surface area (Å²) in [5.74, 6) is -0.0610. The zero-order chi connectivity index (χ0) is 17.4. The van der Waals surface area contributed by atoms with Crippen LogP contribution in [0.2, 0.25) is 0 Å². The van der Waals surface area contributed by atoms with Gasteiger partial charge in [-0.05, 0) is 43.9 Å². The van der Waals surface area contributed by atoms with Crippen LogP contribution in [0.1, 0.15) is 62.7 Å². The lowest BCUT2D eigenvalue weighted by molar-refractivity contribution is -0.116. The number of rotatable bonds is 8. The van der Waals surface area contributed by atoms with Gasteiger partial charge in [0.05, 0.1) is 5.56 Å². The van der Waals surface area contributed by atoms with Crippen LogP contribution < -0.4 is 15.5 Å². The largest absolute Gasteiger partial charge is 0.371 e. The number of benzene rings is 1. The Hall–Kier alpha value is -2.04. The van der Waals surface area contributed by atoms with Crippen molar-refractivity contribution in [3.8, 4) is 0 Å². The Kier molecular flexibility index (Phi) is 7.09. The first kappa shape index (κ1) is 18.3. The molecule has 132 valence electrons. The Labute approximate surface area is 144 Å². The average Bonchev–Trinajstić information content (AvgIpc) is 3.12. The van der Waals surface area contributed by atoms with E-state index in [9.17, 15) is 9.59 Å². The molecule has 0 aliphatic carbocycles. The minimum absolute atomic E-state index is 0.00527. The molecule has 0 saturated carbocycles. The van der Waals surface area contributed by atoms with Gasteiger partial charge in [-0.15, -0.1) is 0 Å². The maximum Gasteiger partial charge on any atom is 0.253 e. The Morgan fingerprint density at radius 3 is 2.54 bits per heavy atom. The van der Waals surface area contributed by atoms with Crippen LogP contribution in [-0.4, -0.2) is 31.4 Å². The second-order valence-electron chi connectivity index (χ2n) is 6.33. The maximum absolute atomic E-state index is 12.5. The predicted octanol–water partition coefficient (Wildman–Crippen LogP) is 3.56. The number of nitrogens with zero attached hydrogens (tertiary/aromatic N) is 1. The van der Waals surface area contributed by atoms with Crippen LogP contribution in [0.5, 0.6) is 0 Å². The van der Waals surface area contributed by atoms with Crippen LogP contribution in [0.4, 0.5) is 11.4 Å². The second kappa shape index (κ2) is 9.30. The summed E-state index contributed by atoms with van der Waals surface area (Å²) in [5.41, 5.74) is 2.31. The van der Waals surface area contributed by atoms with Gasteiger partial charge in [-0.3, -0.25) is 9.59 Å². The summed E-state index contributed by atoms with van der Waals surface area (Å²) in [5, 5.41) is 5.86. The molecule has 1 heterocycles. The van der Waals surface area contributed by atoms with Gasteiger partial charge in [0.2, 0.25) is 5.91 Å². The fourth-order valence-corrected chi connectivity index (χ4v) is 2.92. The van der Waals surface area contributed by atoms with Crippen molar-refractivity contribution in [1.82, 2.24) is 5.32 Å². The summed E-state index contributed by atoms with van der Waals surface area (Å²) in [6.45, 7) is 6.72. The van der Waals surface area contributed by atoms with Gasteiger partial charge in [-0.2, -0.15) is 0 Å². The van der Waals surface area contributed by atoms with Gasteiger partial charge in [-0.1, -0.05) is 20.3 Å². The number of carbonyl (C=O) groups excluding carboxylic acids is 2. The molecule has 1 aliphatic rings. The van der Waals surface area contributed by atoms with Gasteiger partial charge < -0.3 is 15.5 Å². The third kappa shape index (κ3) is 4.98. The summed E-state index contributed by atoms with van der Waals surface area (Å²) in [6, 6.07) is 5.66. The molecule has 0 atom stereocenters. The number of nitrogens with one attached hydrogen (secondary N) is 2. The molecule has 2 N–H and O–H groups in total. The first-order valence-corrected chi connectivity index (χ1v) is 9.12. The van der Waals surface area contributed by atoms with Crippen LogP contribution in [0.25, 0.3) is 0 Å². The van der Waals surface area contributed by atoms with Crippen molar-refractivity contribution in [2.24, 2.45) is 0 Å². The molecule has 0 bridgehead atoms. The van der Waals surface area contributed by atoms with Gasteiger partial charge in [0.1, 0.15) is 0 Å². The predicted molar refractivity (Wildman–Crippen MR) is 98.7 cm³/mol. The summed E-state index contributed by atoms with van der Waals surface area (Å²) >= 11 is 0. The van der Waals surface area contributed by atoms with Crippen LogP contribution in [-0.2, 0) is 4.79 Å². The fraction of sp³-hybridized carbons (Fsp3) is 0.579. The van der Waals surface area contributed by atoms with Crippen LogP contribution in [0.15, 0.2) is 18.2 Å². The lowest BCUT2D eigenvalue weighted by Gasteiger charge is -2.22. The van der Waals surface area contributed by atoms with Crippen molar-refractivity contribution in [2.45, 2.75) is 52.4 Å². The van der Waals surface area contributed by atoms with Crippen molar-refractivity contribution in [3.63, 3.8) is 0 Å². The maximum atomic E-state index is 12.5. The minimum atomic E-state index is -0.0663. The molecule has 0 aromatic heterocycles. The zero-order valence-corrected chi connectivity index (χ0v) is 14.9. The highest BCUT2D eigenvalue weighted by Crippen LogP contribution is 2.27. The van der Waals surface area contributed by atoms with Crippen molar-refractivity contribution in [2.75, 3.05) is 29.9 Å². The minimum Gasteiger partial charge on any atom is -0.371 e. The van der Waals surface area contributed by atoms with Crippen molar-refractivity contribution < 1.29 is 9.59 Å². The molecule has 1 aromatic rings. The molecular weight excluding hydrogens is 302 g/mol. The molecule has 0 spiro atoms. The first-order chi connectivity index (χ1) is 11.7. The molecule has 1 aromatic carbocycles. The molecule has 2 amide bonds. The smallest absolute Gasteiger partial charge is 0.253 e. The van der Waals surface area contributed by atoms with Gasteiger partial charge in [0.15, 0.2) is 0 Å². The summed E-state index contributed by atoms with van der Waals surface area (Å²) in [7, 11) is 0. The number of anilines is 2. The van der Waals surface area contributed by atoms with Crippen LogP contribution >= 0.6 is 0 Å². The summed E-state index contributed by atoms with van der Waals surface area (Å²) in [4.78, 5) is 26.7. The van der Waals surface area contributed by atoms with E-state index >= 15 is 0 Å². The van der Waals surface area contributed by atoms with E-state index in [1.807, 2.05) is 25.1 Å². The van der Waals surface area contributed by atoms with Gasteiger partial charge in [0.25, 0.3) is 5.91 Å². The Morgan fingerprint density at radius 1 is 1.12 bits per heavy atom. The third-order valence-electron chi connectivity index (χ3n) is 4.26. The molecule has 5 nitrogen and oxygen atoms in total. The summed E-state index contributed by atoms with van der Waals surface area (Å²) in [6.07, 6.45) is 5.60. The first-order valence-electron chi connectivity index (χ1n) is 9.12. The SMILES string of the molecule is CCCCC(=O)Nc1ccc(N2CCCC2)c(C(=O)NCCC)c1. The number of carbonyl (C=O) groups is 2. The van der Waals surface area contributed by atoms with Crippen molar-refractivity contribution in [3.05, 3.63) is 23.8 Å². The molecule has 1 fully saturated rings. The van der Waals surface area contributed by atoms with E-state index in [1.54, 1.807) is 0 Å². The molecule has 24 heavy (non-hydrogen) atoms. The molecule has 5 heteroatoms. The van der Waals surface area contributed by atoms with E-state index in [1.165, 1.54) is 0 Å². The van der Waals surface area contributed by atoms with Crippen molar-refractivity contribution in [1.29, 1.82) is 0 Å². The average molecular weight is 331 g/mol. The lowest BCUT2D eigenvalue weighted by atomic mass is 10.1. The summed E-state index contributed by atoms with van der Waals surface area (Å²) < 4.78 is 0. The molecule has 0 unspecified atom stereocenters. The van der Waals surface area contributed by atoms with E-state index in [-0.39, 0.29) is 11.8 Å². The van der Waals surface area contributed by atoms with Gasteiger partial charge in [-0.25, -0.2) is 0 Å². The number of hydrogen-bond acceptors (Lipinski definition) is 3. The number of unbranched alkanes of at least 4 members (excludes halogenated alkanes) is 1. The monoisotopic (exact) mass is 331 g/mol. The molecule has 1 aliphatic heterocycles. The van der Waals surface area contributed by atoms with E-state index < -0.39 is 0 Å². The van der Waals surface area contributed by atoms with E-state index in [4.69, 9.17) is 0 Å². The highest BCUT2D eigenvalue weighted by atomic mass is 16.2. The third-order valence-corrected chi connectivity index (χ3v) is 4.26. The molecular formula is C19H29N3O2. The Morgan fingerprint density at radius 2 is 1.88 bits per heavy atom. The molecule has 2 rings (SSSR count). The van der Waals surface area contributed by atoms with E-state index in [2.05, 4.69) is 22.5 Å². The number of hydrogen-bond donors (Lipinski definition) is 2. The molecule has 1 saturated heterocycles. The zero-order valence-electron chi connectivity index (χ0n) is 14.9. The van der Waals surface area contributed by atoms with Crippen LogP contribution in [0.3, 0.4) is 0 Å². The lowest BCUT2D eigenvalue weighted by Crippen LogP contribution is -2.28. The van der Waals surface area contributed by atoms with Gasteiger partial charge >= 0.3 is 0 Å². The topological polar surface area (TPSA) is 61.4 Å². The van der Waals surface area contributed by atoms with E-state index in [0.717, 1.165) is 50.9 Å². The highest BCUT2D eigenvalue weighted by Gasteiger charge is 2.20. The molecule has 0 radical (unpaired) electrons. The Balaban J connectivity index is 2.19. The quantitative estimate of drug-likeness (QED) is 0.766. The standard InChI is InChI=1S/C19H29N3O2/c1-3-5-8-18(23)21-15-9-10-17(22-12-6-7-13-22)16(14-15)19(24)20-11-4-2/h9-10,14H,3-8,11-13H2,1-2H3,(H,20,24)(H,21,23). The highest BCUT2D eigenvalue weighted by molar-refractivity contribution is 6.02. The number of amides is 2. The van der Waals surface area contributed by atoms with Crippen molar-refractivity contribution >= 4 is 23.2 Å². The second-order valence-corrected chi connectivity index (χ2v) is 6.33. The van der Waals surface area contributed by atoms with E-state index in [0.29, 0.717) is 24.2 Å². The Bertz CT molecular complexity index is 566. The van der Waals surface area contributed by atoms with Gasteiger partial charge in [0, 0.05) is 37.4 Å². The van der Waals surface area contributed by atoms with Crippen LogP contribution in [0, 0.1) is 0 Å². The normalized spacial score (nSPS) is 13.8.